The molecule has 1 atom stereocenters. The number of hydrogen-bond acceptors (Lipinski definition) is 6. The topological polar surface area (TPSA) is 82.1 Å². The van der Waals surface area contributed by atoms with Gasteiger partial charge in [0.2, 0.25) is 0 Å². The maximum atomic E-state index is 11.9. The van der Waals surface area contributed by atoms with Crippen LogP contribution in [0, 0.1) is 5.41 Å². The molecule has 0 fully saturated rings. The van der Waals surface area contributed by atoms with Gasteiger partial charge in [-0.15, -0.1) is 0 Å². The van der Waals surface area contributed by atoms with E-state index in [4.69, 9.17) is 14.2 Å². The molecule has 0 spiro atoms. The summed E-state index contributed by atoms with van der Waals surface area (Å²) < 4.78 is 15.2. The molecule has 1 unspecified atom stereocenters. The van der Waals surface area contributed by atoms with E-state index in [9.17, 15) is 14.7 Å². The lowest BCUT2D eigenvalue weighted by atomic mass is 9.93. The van der Waals surface area contributed by atoms with Crippen LogP contribution in [0.3, 0.4) is 0 Å². The molecule has 0 amide bonds. The number of carbonyl (C=O) groups excluding carboxylic acids is 2. The summed E-state index contributed by atoms with van der Waals surface area (Å²) in [4.78, 5) is 23.2. The van der Waals surface area contributed by atoms with Crippen molar-refractivity contribution in [3.8, 4) is 0 Å². The third kappa shape index (κ3) is 7.45. The molecule has 0 heterocycles. The van der Waals surface area contributed by atoms with Gasteiger partial charge in [-0.1, -0.05) is 13.8 Å². The van der Waals surface area contributed by atoms with Gasteiger partial charge >= 0.3 is 11.9 Å². The summed E-state index contributed by atoms with van der Waals surface area (Å²) in [6.45, 7) is 5.77. The normalized spacial score (nSPS) is 13.6. The molecule has 0 rings (SSSR count). The van der Waals surface area contributed by atoms with Gasteiger partial charge in [0.25, 0.3) is 0 Å². The zero-order valence-corrected chi connectivity index (χ0v) is 12.6. The predicted octanol–water partition coefficient (Wildman–Crippen LogP) is 1.30. The minimum Gasteiger partial charge on any atom is -0.464 e. The molecule has 6 heteroatoms. The fourth-order valence-corrected chi connectivity index (χ4v) is 1.30. The number of carbonyl (C=O) groups is 2. The van der Waals surface area contributed by atoms with E-state index in [1.807, 2.05) is 13.8 Å². The van der Waals surface area contributed by atoms with Crippen molar-refractivity contribution in [1.82, 2.24) is 0 Å². The van der Waals surface area contributed by atoms with E-state index in [0.29, 0.717) is 26.1 Å². The Morgan fingerprint density at radius 1 is 1.05 bits per heavy atom. The second kappa shape index (κ2) is 10.6. The largest absolute Gasteiger partial charge is 0.464 e. The average Bonchev–Trinajstić information content (AvgIpc) is 2.44. The number of aliphatic hydroxyl groups is 1. The first kappa shape index (κ1) is 18.9. The highest BCUT2D eigenvalue weighted by Crippen LogP contribution is 2.18. The lowest BCUT2D eigenvalue weighted by Gasteiger charge is -2.24. The quantitative estimate of drug-likeness (QED) is 0.456. The molecule has 6 nitrogen and oxygen atoms in total. The van der Waals surface area contributed by atoms with Crippen molar-refractivity contribution in [2.45, 2.75) is 40.0 Å². The maximum Gasteiger partial charge on any atom is 0.317 e. The molecule has 0 bridgehead atoms. The Balaban J connectivity index is 4.12. The van der Waals surface area contributed by atoms with Gasteiger partial charge in [-0.2, -0.15) is 0 Å². The maximum absolute atomic E-state index is 11.9. The molecule has 0 aromatic rings. The molecule has 0 radical (unpaired) electrons. The van der Waals surface area contributed by atoms with Gasteiger partial charge in [0.05, 0.1) is 13.2 Å². The van der Waals surface area contributed by atoms with E-state index in [2.05, 4.69) is 0 Å². The fraction of sp³-hybridized carbons (Fsp3) is 0.857. The van der Waals surface area contributed by atoms with E-state index in [1.165, 1.54) is 6.92 Å². The zero-order chi connectivity index (χ0) is 15.4. The molecule has 20 heavy (non-hydrogen) atoms. The first-order valence-electron chi connectivity index (χ1n) is 7.01. The Hall–Kier alpha value is -1.14. The minimum atomic E-state index is -1.23. The van der Waals surface area contributed by atoms with Crippen LogP contribution in [-0.4, -0.2) is 50.1 Å². The van der Waals surface area contributed by atoms with E-state index in [1.54, 1.807) is 0 Å². The molecule has 0 aliphatic rings. The van der Waals surface area contributed by atoms with Gasteiger partial charge in [-0.3, -0.25) is 9.59 Å². The Kier molecular flexibility index (Phi) is 10.0. The van der Waals surface area contributed by atoms with Gasteiger partial charge in [-0.25, -0.2) is 0 Å². The summed E-state index contributed by atoms with van der Waals surface area (Å²) >= 11 is 0. The average molecular weight is 290 g/mol. The monoisotopic (exact) mass is 290 g/mol. The fourth-order valence-electron chi connectivity index (χ4n) is 1.30. The van der Waals surface area contributed by atoms with Crippen molar-refractivity contribution in [2.75, 3.05) is 33.0 Å². The molecule has 118 valence electrons. The highest BCUT2D eigenvalue weighted by molar-refractivity contribution is 5.77. The van der Waals surface area contributed by atoms with E-state index >= 15 is 0 Å². The number of hydrogen-bond donors (Lipinski definition) is 1. The van der Waals surface area contributed by atoms with Crippen molar-refractivity contribution in [1.29, 1.82) is 0 Å². The van der Waals surface area contributed by atoms with E-state index < -0.39 is 18.0 Å². The lowest BCUT2D eigenvalue weighted by molar-refractivity contribution is -0.166. The van der Waals surface area contributed by atoms with Gasteiger partial charge in [0.15, 0.2) is 0 Å². The van der Waals surface area contributed by atoms with Crippen LogP contribution in [0.5, 0.6) is 0 Å². The van der Waals surface area contributed by atoms with Crippen LogP contribution < -0.4 is 0 Å². The molecule has 0 aliphatic carbocycles. The minimum absolute atomic E-state index is 0.122. The number of aliphatic hydroxyl groups excluding tert-OH is 1. The van der Waals surface area contributed by atoms with Crippen molar-refractivity contribution < 1.29 is 28.9 Å². The van der Waals surface area contributed by atoms with Gasteiger partial charge in [0, 0.05) is 13.0 Å². The lowest BCUT2D eigenvalue weighted by Crippen LogP contribution is -2.39. The molecule has 0 aliphatic heterocycles. The smallest absolute Gasteiger partial charge is 0.317 e. The second-order valence-electron chi connectivity index (χ2n) is 4.88. The molecular weight excluding hydrogens is 264 g/mol. The standard InChI is InChI=1S/C14H26O6/c1-4-6-12(16)20-11-14(3,10-15)13(17)19-9-8-18-7-5-2/h15H,4-11H2,1-3H3. The molecule has 1 N–H and O–H groups in total. The summed E-state index contributed by atoms with van der Waals surface area (Å²) in [6.07, 6.45) is 1.87. The summed E-state index contributed by atoms with van der Waals surface area (Å²) in [7, 11) is 0. The summed E-state index contributed by atoms with van der Waals surface area (Å²) in [5.41, 5.74) is -1.23. The zero-order valence-electron chi connectivity index (χ0n) is 12.6. The Morgan fingerprint density at radius 3 is 2.30 bits per heavy atom. The van der Waals surface area contributed by atoms with Crippen LogP contribution in [-0.2, 0) is 23.8 Å². The third-order valence-corrected chi connectivity index (χ3v) is 2.66. The van der Waals surface area contributed by atoms with Crippen LogP contribution >= 0.6 is 0 Å². The van der Waals surface area contributed by atoms with Crippen LogP contribution in [0.2, 0.25) is 0 Å². The van der Waals surface area contributed by atoms with Crippen LogP contribution in [0.15, 0.2) is 0 Å². The Morgan fingerprint density at radius 2 is 1.75 bits per heavy atom. The molecular formula is C14H26O6. The highest BCUT2D eigenvalue weighted by Gasteiger charge is 2.36. The molecule has 0 saturated heterocycles. The second-order valence-corrected chi connectivity index (χ2v) is 4.88. The number of ether oxygens (including phenoxy) is 3. The molecule has 0 aromatic carbocycles. The van der Waals surface area contributed by atoms with Gasteiger partial charge < -0.3 is 19.3 Å². The van der Waals surface area contributed by atoms with Crippen LogP contribution in [0.1, 0.15) is 40.0 Å². The summed E-state index contributed by atoms with van der Waals surface area (Å²) in [5.74, 6) is -0.976. The van der Waals surface area contributed by atoms with Crippen molar-refractivity contribution >= 4 is 11.9 Å². The first-order chi connectivity index (χ1) is 9.50. The van der Waals surface area contributed by atoms with Gasteiger partial charge in [-0.05, 0) is 19.8 Å². The van der Waals surface area contributed by atoms with E-state index in [-0.39, 0.29) is 19.2 Å². The van der Waals surface area contributed by atoms with Crippen molar-refractivity contribution in [3.05, 3.63) is 0 Å². The Labute approximate surface area is 120 Å². The van der Waals surface area contributed by atoms with Gasteiger partial charge in [0.1, 0.15) is 18.6 Å². The summed E-state index contributed by atoms with van der Waals surface area (Å²) in [6, 6.07) is 0. The van der Waals surface area contributed by atoms with E-state index in [0.717, 1.165) is 6.42 Å². The first-order valence-corrected chi connectivity index (χ1v) is 7.01. The van der Waals surface area contributed by atoms with Crippen molar-refractivity contribution in [3.63, 3.8) is 0 Å². The van der Waals surface area contributed by atoms with Crippen LogP contribution in [0.4, 0.5) is 0 Å². The highest BCUT2D eigenvalue weighted by atomic mass is 16.6. The Bertz CT molecular complexity index is 291. The third-order valence-electron chi connectivity index (χ3n) is 2.66. The number of rotatable bonds is 11. The van der Waals surface area contributed by atoms with Crippen molar-refractivity contribution in [2.24, 2.45) is 5.41 Å². The number of esters is 2. The summed E-state index contributed by atoms with van der Waals surface area (Å²) in [5, 5.41) is 9.32. The van der Waals surface area contributed by atoms with Crippen LogP contribution in [0.25, 0.3) is 0 Å². The molecule has 0 saturated carbocycles. The predicted molar refractivity (Wildman–Crippen MR) is 73.1 cm³/mol. The SMILES string of the molecule is CCCOCCOC(=O)C(C)(CO)COC(=O)CCC. The molecule has 0 aromatic heterocycles.